The zero-order chi connectivity index (χ0) is 16.1. The van der Waals surface area contributed by atoms with Crippen LogP contribution in [0.1, 0.15) is 25.3 Å². The number of amides is 1. The molecule has 5 heteroatoms. The summed E-state index contributed by atoms with van der Waals surface area (Å²) in [5.74, 6) is 1.77. The smallest absolute Gasteiger partial charge is 0.305 e. The van der Waals surface area contributed by atoms with Crippen molar-refractivity contribution in [2.45, 2.75) is 26.2 Å². The number of nitrogens with zero attached hydrogens (tertiary/aromatic N) is 2. The maximum Gasteiger partial charge on any atom is 0.305 e. The molecule has 0 aliphatic carbocycles. The number of rotatable bonds is 6. The van der Waals surface area contributed by atoms with Gasteiger partial charge in [-0.15, -0.1) is 6.42 Å². The fourth-order valence-electron chi connectivity index (χ4n) is 2.71. The summed E-state index contributed by atoms with van der Waals surface area (Å²) in [5.41, 5.74) is 2.94. The highest BCUT2D eigenvalue weighted by Gasteiger charge is 2.24. The minimum absolute atomic E-state index is 0.0522. The van der Waals surface area contributed by atoms with Gasteiger partial charge in [0.15, 0.2) is 0 Å². The van der Waals surface area contributed by atoms with E-state index < -0.39 is 5.97 Å². The van der Waals surface area contributed by atoms with Gasteiger partial charge in [0.25, 0.3) is 0 Å². The van der Waals surface area contributed by atoms with E-state index in [0.717, 1.165) is 23.5 Å². The minimum atomic E-state index is -0.804. The molecule has 0 saturated heterocycles. The molecular weight excluding hydrogens is 280 g/mol. The molecule has 1 N–H and O–H groups in total. The van der Waals surface area contributed by atoms with Gasteiger partial charge in [0.1, 0.15) is 0 Å². The molecule has 0 fully saturated rings. The molecule has 1 amide bonds. The first-order valence-electron chi connectivity index (χ1n) is 7.40. The van der Waals surface area contributed by atoms with E-state index in [0.29, 0.717) is 19.4 Å². The number of anilines is 2. The zero-order valence-electron chi connectivity index (χ0n) is 12.7. The molecule has 0 aromatic heterocycles. The number of aliphatic carboxylic acids is 1. The summed E-state index contributed by atoms with van der Waals surface area (Å²) in [5, 5.41) is 8.83. The van der Waals surface area contributed by atoms with Gasteiger partial charge in [0.2, 0.25) is 5.91 Å². The van der Waals surface area contributed by atoms with Crippen LogP contribution in [0.15, 0.2) is 18.2 Å². The highest BCUT2D eigenvalue weighted by atomic mass is 16.4. The molecule has 0 unspecified atom stereocenters. The molecule has 0 bridgehead atoms. The monoisotopic (exact) mass is 300 g/mol. The van der Waals surface area contributed by atoms with Crippen LogP contribution < -0.4 is 9.80 Å². The normalized spacial score (nSPS) is 13.5. The summed E-state index contributed by atoms with van der Waals surface area (Å²) in [6.45, 7) is 3.48. The lowest BCUT2D eigenvalue weighted by atomic mass is 10.00. The lowest BCUT2D eigenvalue weighted by molar-refractivity contribution is -0.136. The molecule has 1 aromatic rings. The molecule has 0 atom stereocenters. The van der Waals surface area contributed by atoms with Crippen LogP contribution in [-0.2, 0) is 16.0 Å². The van der Waals surface area contributed by atoms with Crippen LogP contribution in [0.5, 0.6) is 0 Å². The van der Waals surface area contributed by atoms with Gasteiger partial charge in [-0.25, -0.2) is 0 Å². The number of aryl methyl sites for hydroxylation is 1. The van der Waals surface area contributed by atoms with Crippen molar-refractivity contribution in [2.24, 2.45) is 0 Å². The Morgan fingerprint density at radius 3 is 2.86 bits per heavy atom. The van der Waals surface area contributed by atoms with E-state index >= 15 is 0 Å². The average Bonchev–Trinajstić information content (AvgIpc) is 2.50. The second-order valence-electron chi connectivity index (χ2n) is 5.22. The first kappa shape index (κ1) is 15.9. The minimum Gasteiger partial charge on any atom is -0.481 e. The van der Waals surface area contributed by atoms with E-state index in [9.17, 15) is 9.59 Å². The molecule has 22 heavy (non-hydrogen) atoms. The lowest BCUT2D eigenvalue weighted by Gasteiger charge is -2.30. The number of benzene rings is 1. The summed E-state index contributed by atoms with van der Waals surface area (Å²) in [7, 11) is 0. The molecule has 1 aromatic carbocycles. The Kier molecular flexibility index (Phi) is 5.05. The van der Waals surface area contributed by atoms with Gasteiger partial charge in [0, 0.05) is 30.9 Å². The molecule has 0 saturated carbocycles. The molecule has 1 heterocycles. The van der Waals surface area contributed by atoms with Crippen molar-refractivity contribution in [3.8, 4) is 12.3 Å². The third kappa shape index (κ3) is 3.40. The fraction of sp³-hybridized carbons (Fsp3) is 0.412. The molecular formula is C17H20N2O3. The van der Waals surface area contributed by atoms with Crippen molar-refractivity contribution in [2.75, 3.05) is 29.4 Å². The van der Waals surface area contributed by atoms with Crippen molar-refractivity contribution in [3.05, 3.63) is 23.8 Å². The third-order valence-corrected chi connectivity index (χ3v) is 3.85. The van der Waals surface area contributed by atoms with Crippen molar-refractivity contribution in [1.29, 1.82) is 0 Å². The van der Waals surface area contributed by atoms with Gasteiger partial charge in [-0.2, -0.15) is 0 Å². The summed E-state index contributed by atoms with van der Waals surface area (Å²) >= 11 is 0. The number of carbonyl (C=O) groups is 2. The first-order valence-corrected chi connectivity index (χ1v) is 7.40. The summed E-state index contributed by atoms with van der Waals surface area (Å²) in [6, 6.07) is 5.87. The largest absolute Gasteiger partial charge is 0.481 e. The van der Waals surface area contributed by atoms with Gasteiger partial charge in [-0.3, -0.25) is 9.59 Å². The number of terminal acetylenes is 1. The summed E-state index contributed by atoms with van der Waals surface area (Å²) in [6.07, 6.45) is 6.59. The second-order valence-corrected chi connectivity index (χ2v) is 5.22. The highest BCUT2D eigenvalue weighted by Crippen LogP contribution is 2.31. The van der Waals surface area contributed by atoms with Crippen LogP contribution in [0, 0.1) is 12.3 Å². The number of fused-ring (bicyclic) bond motifs is 1. The van der Waals surface area contributed by atoms with Gasteiger partial charge in [-0.1, -0.05) is 5.92 Å². The van der Waals surface area contributed by atoms with Gasteiger partial charge >= 0.3 is 5.97 Å². The van der Waals surface area contributed by atoms with Crippen LogP contribution in [0.3, 0.4) is 0 Å². The van der Waals surface area contributed by atoms with E-state index in [1.54, 1.807) is 4.90 Å². The average molecular weight is 300 g/mol. The molecule has 1 aliphatic heterocycles. The molecule has 2 rings (SSSR count). The fourth-order valence-corrected chi connectivity index (χ4v) is 2.71. The van der Waals surface area contributed by atoms with Crippen molar-refractivity contribution >= 4 is 23.3 Å². The van der Waals surface area contributed by atoms with Crippen molar-refractivity contribution in [3.63, 3.8) is 0 Å². The molecule has 5 nitrogen and oxygen atoms in total. The predicted molar refractivity (Wildman–Crippen MR) is 86.1 cm³/mol. The van der Waals surface area contributed by atoms with Crippen molar-refractivity contribution in [1.82, 2.24) is 0 Å². The number of hydrogen-bond acceptors (Lipinski definition) is 3. The number of carboxylic acids is 1. The number of hydrogen-bond donors (Lipinski definition) is 1. The molecule has 116 valence electrons. The Morgan fingerprint density at radius 1 is 1.45 bits per heavy atom. The lowest BCUT2D eigenvalue weighted by Crippen LogP contribution is -2.35. The Balaban J connectivity index is 2.25. The standard InChI is InChI=1S/C17H20N2O3/c1-3-10-19-15-7-6-14(12-13(15)5-8-16(19)20)18(4-2)11-9-17(21)22/h1,6-7,12H,4-5,8-11H2,2H3,(H,21,22). The first-order chi connectivity index (χ1) is 10.6. The zero-order valence-corrected chi connectivity index (χ0v) is 12.7. The number of carboxylic acid groups (broad SMARTS) is 1. The van der Waals surface area contributed by atoms with E-state index in [1.165, 1.54) is 0 Å². The Bertz CT molecular complexity index is 619. The predicted octanol–water partition coefficient (Wildman–Crippen LogP) is 1.90. The van der Waals surface area contributed by atoms with Gasteiger partial charge in [-0.05, 0) is 37.1 Å². The maximum atomic E-state index is 12.0. The van der Waals surface area contributed by atoms with Crippen LogP contribution in [0.25, 0.3) is 0 Å². The van der Waals surface area contributed by atoms with Crippen LogP contribution in [0.2, 0.25) is 0 Å². The summed E-state index contributed by atoms with van der Waals surface area (Å²) in [4.78, 5) is 26.4. The third-order valence-electron chi connectivity index (χ3n) is 3.85. The Labute approximate surface area is 130 Å². The van der Waals surface area contributed by atoms with Crippen LogP contribution >= 0.6 is 0 Å². The maximum absolute atomic E-state index is 12.0. The van der Waals surface area contributed by atoms with Crippen molar-refractivity contribution < 1.29 is 14.7 Å². The Morgan fingerprint density at radius 2 is 2.23 bits per heavy atom. The molecule has 0 spiro atoms. The van der Waals surface area contributed by atoms with Gasteiger partial charge in [0.05, 0.1) is 13.0 Å². The second kappa shape index (κ2) is 6.99. The summed E-state index contributed by atoms with van der Waals surface area (Å²) < 4.78 is 0. The van der Waals surface area contributed by atoms with E-state index in [2.05, 4.69) is 5.92 Å². The van der Waals surface area contributed by atoms with E-state index in [1.807, 2.05) is 30.0 Å². The molecule has 1 aliphatic rings. The SMILES string of the molecule is C#CCN1C(=O)CCc2cc(N(CC)CCC(=O)O)ccc21. The quantitative estimate of drug-likeness (QED) is 0.815. The van der Waals surface area contributed by atoms with Gasteiger partial charge < -0.3 is 14.9 Å². The number of carbonyl (C=O) groups excluding carboxylic acids is 1. The highest BCUT2D eigenvalue weighted by molar-refractivity contribution is 5.97. The Hall–Kier alpha value is -2.48. The van der Waals surface area contributed by atoms with Crippen LogP contribution in [-0.4, -0.2) is 36.6 Å². The topological polar surface area (TPSA) is 60.9 Å². The molecule has 0 radical (unpaired) electrons. The van der Waals surface area contributed by atoms with Crippen LogP contribution in [0.4, 0.5) is 11.4 Å². The van der Waals surface area contributed by atoms with E-state index in [-0.39, 0.29) is 18.9 Å². The van der Waals surface area contributed by atoms with E-state index in [4.69, 9.17) is 11.5 Å².